The Morgan fingerprint density at radius 1 is 0.950 bits per heavy atom. The molecule has 0 spiro atoms. The molecule has 0 unspecified atom stereocenters. The molecule has 2 aliphatic heterocycles. The first-order valence-corrected chi connectivity index (χ1v) is 15.1. The van der Waals surface area contributed by atoms with Crippen molar-refractivity contribution in [1.82, 2.24) is 9.29 Å². The summed E-state index contributed by atoms with van der Waals surface area (Å²) < 4.78 is 25.4. The Kier molecular flexibility index (Phi) is 6.35. The van der Waals surface area contributed by atoms with Crippen LogP contribution in [0.4, 0.5) is 5.69 Å². The van der Waals surface area contributed by atoms with Crippen molar-refractivity contribution in [2.75, 3.05) is 30.8 Å². The van der Waals surface area contributed by atoms with Gasteiger partial charge in [-0.1, -0.05) is 42.5 Å². The van der Waals surface area contributed by atoms with E-state index < -0.39 is 15.9 Å². The number of H-pyrrole nitrogens is 1. The fourth-order valence-corrected chi connectivity index (χ4v) is 6.66. The number of nitrogens with one attached hydrogen (secondary N) is 1. The summed E-state index contributed by atoms with van der Waals surface area (Å²) in [6.07, 6.45) is 4.46. The quantitative estimate of drug-likeness (QED) is 0.378. The lowest BCUT2D eigenvalue weighted by molar-refractivity contribution is 0.0977. The second-order valence-electron chi connectivity index (χ2n) is 10.4. The van der Waals surface area contributed by atoms with Gasteiger partial charge in [0, 0.05) is 42.0 Å². The maximum Gasteiger partial charge on any atom is 0.258 e. The van der Waals surface area contributed by atoms with E-state index in [1.54, 1.807) is 6.07 Å². The van der Waals surface area contributed by atoms with Crippen LogP contribution in [0.1, 0.15) is 44.0 Å². The fraction of sp³-hybridized carbons (Fsp3) is 0.226. The van der Waals surface area contributed by atoms with E-state index in [4.69, 9.17) is 5.73 Å². The summed E-state index contributed by atoms with van der Waals surface area (Å²) in [6, 6.07) is 19.3. The molecule has 2 amide bonds. The number of primary amides is 1. The predicted octanol–water partition coefficient (Wildman–Crippen LogP) is 4.49. The molecule has 204 valence electrons. The molecule has 0 saturated heterocycles. The van der Waals surface area contributed by atoms with Crippen LogP contribution < -0.4 is 10.6 Å². The highest BCUT2D eigenvalue weighted by Gasteiger charge is 2.27. The van der Waals surface area contributed by atoms with Gasteiger partial charge in [-0.25, -0.2) is 8.42 Å². The molecule has 3 aromatic carbocycles. The van der Waals surface area contributed by atoms with E-state index in [9.17, 15) is 18.0 Å². The third-order valence-electron chi connectivity index (χ3n) is 8.03. The summed E-state index contributed by atoms with van der Waals surface area (Å²) in [5.74, 6) is -0.540. The van der Waals surface area contributed by atoms with Crippen LogP contribution in [0.15, 0.2) is 66.7 Å². The second-order valence-corrected chi connectivity index (χ2v) is 12.4. The minimum absolute atomic E-state index is 0.00683. The lowest BCUT2D eigenvalue weighted by Gasteiger charge is -2.30. The maximum atomic E-state index is 13.4. The van der Waals surface area contributed by atoms with Gasteiger partial charge in [0.1, 0.15) is 0 Å². The van der Waals surface area contributed by atoms with Gasteiger partial charge in [0.15, 0.2) is 0 Å². The first-order valence-electron chi connectivity index (χ1n) is 13.2. The number of rotatable bonds is 5. The number of nitrogens with two attached hydrogens (primary N) is 1. The van der Waals surface area contributed by atoms with E-state index in [0.29, 0.717) is 37.1 Å². The van der Waals surface area contributed by atoms with Crippen LogP contribution in [-0.4, -0.2) is 55.4 Å². The van der Waals surface area contributed by atoms with Crippen molar-refractivity contribution in [2.24, 2.45) is 5.73 Å². The summed E-state index contributed by atoms with van der Waals surface area (Å²) in [4.78, 5) is 31.0. The average molecular weight is 555 g/mol. The van der Waals surface area contributed by atoms with Crippen molar-refractivity contribution in [3.8, 4) is 11.1 Å². The monoisotopic (exact) mass is 554 g/mol. The molecule has 9 heteroatoms. The zero-order chi connectivity index (χ0) is 28.2. The lowest BCUT2D eigenvalue weighted by Crippen LogP contribution is -2.38. The molecule has 0 saturated carbocycles. The summed E-state index contributed by atoms with van der Waals surface area (Å²) in [5, 5.41) is 0.841. The SMILES string of the molecule is Cc1c(-c2ccc(C(N)=O)c3[nH]c(C4=CCN(S(C)(=O)=O)CC4)cc23)cccc1N1CCc2ccccc2C1=O. The Morgan fingerprint density at radius 2 is 1.73 bits per heavy atom. The molecule has 3 heterocycles. The Labute approximate surface area is 233 Å². The molecule has 8 nitrogen and oxygen atoms in total. The van der Waals surface area contributed by atoms with Gasteiger partial charge in [-0.05, 0) is 71.9 Å². The van der Waals surface area contributed by atoms with Crippen molar-refractivity contribution in [1.29, 1.82) is 0 Å². The van der Waals surface area contributed by atoms with Gasteiger partial charge in [0.2, 0.25) is 10.0 Å². The van der Waals surface area contributed by atoms with Gasteiger partial charge in [-0.15, -0.1) is 0 Å². The third kappa shape index (κ3) is 4.41. The largest absolute Gasteiger partial charge is 0.366 e. The molecule has 4 aromatic rings. The Bertz CT molecular complexity index is 1840. The molecule has 6 rings (SSSR count). The first kappa shape index (κ1) is 26.0. The van der Waals surface area contributed by atoms with Crippen LogP contribution in [0, 0.1) is 6.92 Å². The number of amides is 2. The van der Waals surface area contributed by atoms with Gasteiger partial charge in [0.25, 0.3) is 11.8 Å². The molecule has 0 radical (unpaired) electrons. The van der Waals surface area contributed by atoms with Gasteiger partial charge in [-0.3, -0.25) is 9.59 Å². The normalized spacial score (nSPS) is 16.2. The zero-order valence-corrected chi connectivity index (χ0v) is 23.2. The molecular weight excluding hydrogens is 524 g/mol. The summed E-state index contributed by atoms with van der Waals surface area (Å²) in [7, 11) is -3.27. The second kappa shape index (κ2) is 9.76. The number of aromatic amines is 1. The summed E-state index contributed by atoms with van der Waals surface area (Å²) in [6.45, 7) is 3.31. The third-order valence-corrected chi connectivity index (χ3v) is 9.30. The van der Waals surface area contributed by atoms with Crippen LogP contribution in [0.2, 0.25) is 0 Å². The standard InChI is InChI=1S/C31H30N4O4S/c1-19-22(8-5-9-28(19)35-17-14-20-6-3-4-7-23(20)31(35)37)24-10-11-25(30(32)36)29-26(24)18-27(33-29)21-12-15-34(16-13-21)40(2,38)39/h3-12,18,33H,13-17H2,1-2H3,(H2,32,36). The van der Waals surface area contributed by atoms with Crippen molar-refractivity contribution in [2.45, 2.75) is 19.8 Å². The minimum Gasteiger partial charge on any atom is -0.366 e. The number of aromatic nitrogens is 1. The molecule has 2 aliphatic rings. The Morgan fingerprint density at radius 3 is 2.45 bits per heavy atom. The van der Waals surface area contributed by atoms with E-state index >= 15 is 0 Å². The van der Waals surface area contributed by atoms with Crippen molar-refractivity contribution >= 4 is 44.0 Å². The average Bonchev–Trinajstić information content (AvgIpc) is 3.39. The highest BCUT2D eigenvalue weighted by Crippen LogP contribution is 2.39. The molecule has 0 atom stereocenters. The molecule has 40 heavy (non-hydrogen) atoms. The van der Waals surface area contributed by atoms with Crippen molar-refractivity contribution < 1.29 is 18.0 Å². The molecule has 1 aromatic heterocycles. The maximum absolute atomic E-state index is 13.4. The van der Waals surface area contributed by atoms with Crippen LogP contribution in [0.5, 0.6) is 0 Å². The predicted molar refractivity (Wildman–Crippen MR) is 158 cm³/mol. The number of sulfonamides is 1. The number of hydrogen-bond donors (Lipinski definition) is 2. The number of benzene rings is 3. The van der Waals surface area contributed by atoms with Crippen LogP contribution in [-0.2, 0) is 16.4 Å². The number of fused-ring (bicyclic) bond motifs is 2. The molecule has 0 fully saturated rings. The number of carbonyl (C=O) groups is 2. The minimum atomic E-state index is -3.27. The highest BCUT2D eigenvalue weighted by atomic mass is 32.2. The molecular formula is C31H30N4O4S. The van der Waals surface area contributed by atoms with Crippen molar-refractivity contribution in [3.63, 3.8) is 0 Å². The number of carbonyl (C=O) groups excluding carboxylic acids is 2. The Balaban J connectivity index is 1.44. The van der Waals surface area contributed by atoms with Gasteiger partial charge in [-0.2, -0.15) is 4.31 Å². The molecule has 0 bridgehead atoms. The molecule has 0 aliphatic carbocycles. The number of anilines is 1. The molecule has 3 N–H and O–H groups in total. The topological polar surface area (TPSA) is 117 Å². The highest BCUT2D eigenvalue weighted by molar-refractivity contribution is 7.88. The fourth-order valence-electron chi connectivity index (χ4n) is 5.89. The number of hydrogen-bond acceptors (Lipinski definition) is 4. The lowest BCUT2D eigenvalue weighted by atomic mass is 9.93. The smallest absolute Gasteiger partial charge is 0.258 e. The van der Waals surface area contributed by atoms with Crippen LogP contribution in [0.3, 0.4) is 0 Å². The number of nitrogens with zero attached hydrogens (tertiary/aromatic N) is 2. The van der Waals surface area contributed by atoms with E-state index in [2.05, 4.69) is 4.98 Å². The van der Waals surface area contributed by atoms with Gasteiger partial charge < -0.3 is 15.6 Å². The van der Waals surface area contributed by atoms with Gasteiger partial charge in [0.05, 0.1) is 17.3 Å². The van der Waals surface area contributed by atoms with Crippen LogP contribution in [0.25, 0.3) is 27.6 Å². The van der Waals surface area contributed by atoms with E-state index in [1.807, 2.05) is 72.5 Å². The van der Waals surface area contributed by atoms with E-state index in [-0.39, 0.29) is 5.91 Å². The van der Waals surface area contributed by atoms with E-state index in [1.165, 1.54) is 10.6 Å². The van der Waals surface area contributed by atoms with E-state index in [0.717, 1.165) is 56.6 Å². The Hall–Kier alpha value is -4.21. The van der Waals surface area contributed by atoms with Crippen molar-refractivity contribution in [3.05, 3.63) is 94.7 Å². The summed E-state index contributed by atoms with van der Waals surface area (Å²) >= 11 is 0. The van der Waals surface area contributed by atoms with Crippen LogP contribution >= 0.6 is 0 Å². The first-order chi connectivity index (χ1) is 19.1. The summed E-state index contributed by atoms with van der Waals surface area (Å²) in [5.41, 5.74) is 14.1. The zero-order valence-electron chi connectivity index (χ0n) is 22.4. The van der Waals surface area contributed by atoms with Gasteiger partial charge >= 0.3 is 0 Å².